The van der Waals surface area contributed by atoms with E-state index in [4.69, 9.17) is 12.2 Å². The topological polar surface area (TPSA) is 55.1 Å². The minimum atomic E-state index is -0.0742. The van der Waals surface area contributed by atoms with Crippen LogP contribution in [0.3, 0.4) is 0 Å². The Labute approximate surface area is 85.4 Å². The molecular weight excluding hydrogens is 176 g/mol. The van der Waals surface area contributed by atoms with Crippen LogP contribution in [0.4, 0.5) is 0 Å². The summed E-state index contributed by atoms with van der Waals surface area (Å²) in [6.07, 6.45) is 10.1. The molecule has 0 aromatic rings. The SMILES string of the molecule is C#CCC(=O)NC(CN)C1CCCC1. The Morgan fingerprint density at radius 1 is 1.57 bits per heavy atom. The summed E-state index contributed by atoms with van der Waals surface area (Å²) in [5.74, 6) is 2.82. The third-order valence-corrected chi connectivity index (χ3v) is 2.83. The van der Waals surface area contributed by atoms with E-state index in [2.05, 4.69) is 11.2 Å². The summed E-state index contributed by atoms with van der Waals surface area (Å²) in [5.41, 5.74) is 5.63. The van der Waals surface area contributed by atoms with Crippen molar-refractivity contribution < 1.29 is 4.79 Å². The molecule has 0 spiro atoms. The van der Waals surface area contributed by atoms with Crippen molar-refractivity contribution in [1.29, 1.82) is 0 Å². The monoisotopic (exact) mass is 194 g/mol. The highest BCUT2D eigenvalue weighted by atomic mass is 16.1. The van der Waals surface area contributed by atoms with Crippen molar-refractivity contribution in [3.8, 4) is 12.3 Å². The molecule has 1 fully saturated rings. The van der Waals surface area contributed by atoms with Gasteiger partial charge in [0.05, 0.1) is 6.42 Å². The smallest absolute Gasteiger partial charge is 0.232 e. The first kappa shape index (κ1) is 11.1. The van der Waals surface area contributed by atoms with Gasteiger partial charge in [-0.3, -0.25) is 4.79 Å². The Morgan fingerprint density at radius 3 is 2.71 bits per heavy atom. The first-order valence-corrected chi connectivity index (χ1v) is 5.20. The summed E-state index contributed by atoms with van der Waals surface area (Å²) in [7, 11) is 0. The number of amides is 1. The molecule has 0 bridgehead atoms. The highest BCUT2D eigenvalue weighted by Gasteiger charge is 2.24. The van der Waals surface area contributed by atoms with Crippen LogP contribution < -0.4 is 11.1 Å². The molecule has 3 nitrogen and oxygen atoms in total. The van der Waals surface area contributed by atoms with Crippen LogP contribution in [-0.2, 0) is 4.79 Å². The first-order chi connectivity index (χ1) is 6.77. The zero-order chi connectivity index (χ0) is 10.4. The number of hydrogen-bond acceptors (Lipinski definition) is 2. The van der Waals surface area contributed by atoms with Gasteiger partial charge in [-0.25, -0.2) is 0 Å². The Kier molecular flexibility index (Phi) is 4.48. The van der Waals surface area contributed by atoms with Crippen LogP contribution in [-0.4, -0.2) is 18.5 Å². The number of carbonyl (C=O) groups is 1. The minimum Gasteiger partial charge on any atom is -0.351 e. The number of terminal acetylenes is 1. The van der Waals surface area contributed by atoms with E-state index in [0.29, 0.717) is 12.5 Å². The molecule has 1 rings (SSSR count). The van der Waals surface area contributed by atoms with Crippen molar-refractivity contribution in [1.82, 2.24) is 5.32 Å². The summed E-state index contributed by atoms with van der Waals surface area (Å²) in [5, 5.41) is 2.90. The van der Waals surface area contributed by atoms with Gasteiger partial charge in [-0.1, -0.05) is 18.8 Å². The van der Waals surface area contributed by atoms with Gasteiger partial charge in [-0.15, -0.1) is 6.42 Å². The maximum absolute atomic E-state index is 11.3. The number of hydrogen-bond donors (Lipinski definition) is 2. The second kappa shape index (κ2) is 5.66. The summed E-state index contributed by atoms with van der Waals surface area (Å²) < 4.78 is 0. The average Bonchev–Trinajstić information content (AvgIpc) is 2.67. The van der Waals surface area contributed by atoms with Crippen LogP contribution in [0.15, 0.2) is 0 Å². The highest BCUT2D eigenvalue weighted by Crippen LogP contribution is 2.27. The average molecular weight is 194 g/mol. The predicted octanol–water partition coefficient (Wildman–Crippen LogP) is 0.643. The van der Waals surface area contributed by atoms with E-state index in [9.17, 15) is 4.79 Å². The zero-order valence-electron chi connectivity index (χ0n) is 8.46. The summed E-state index contributed by atoms with van der Waals surface area (Å²) in [4.78, 5) is 11.3. The highest BCUT2D eigenvalue weighted by molar-refractivity contribution is 5.78. The van der Waals surface area contributed by atoms with E-state index in [1.807, 2.05) is 0 Å². The van der Waals surface area contributed by atoms with Gasteiger partial charge in [0.2, 0.25) is 5.91 Å². The standard InChI is InChI=1S/C11H18N2O/c1-2-5-11(14)13-10(8-12)9-6-3-4-7-9/h1,9-10H,3-8,12H2,(H,13,14). The second-order valence-corrected chi connectivity index (χ2v) is 3.84. The lowest BCUT2D eigenvalue weighted by Crippen LogP contribution is -2.44. The van der Waals surface area contributed by atoms with E-state index in [0.717, 1.165) is 0 Å². The van der Waals surface area contributed by atoms with Crippen molar-refractivity contribution in [3.63, 3.8) is 0 Å². The molecule has 1 aliphatic carbocycles. The Bertz CT molecular complexity index is 226. The van der Waals surface area contributed by atoms with Crippen LogP contribution in [0.1, 0.15) is 32.1 Å². The van der Waals surface area contributed by atoms with Gasteiger partial charge in [0.1, 0.15) is 0 Å². The van der Waals surface area contributed by atoms with E-state index < -0.39 is 0 Å². The van der Waals surface area contributed by atoms with E-state index in [1.54, 1.807) is 0 Å². The van der Waals surface area contributed by atoms with Crippen LogP contribution in [0.5, 0.6) is 0 Å². The van der Waals surface area contributed by atoms with Gasteiger partial charge < -0.3 is 11.1 Å². The largest absolute Gasteiger partial charge is 0.351 e. The normalized spacial score (nSPS) is 18.9. The number of nitrogens with one attached hydrogen (secondary N) is 1. The fourth-order valence-corrected chi connectivity index (χ4v) is 2.08. The van der Waals surface area contributed by atoms with Gasteiger partial charge >= 0.3 is 0 Å². The maximum Gasteiger partial charge on any atom is 0.232 e. The van der Waals surface area contributed by atoms with E-state index in [1.165, 1.54) is 25.7 Å². The van der Waals surface area contributed by atoms with Crippen molar-refractivity contribution in [2.75, 3.05) is 6.54 Å². The molecule has 3 N–H and O–H groups in total. The molecule has 3 heteroatoms. The third-order valence-electron chi connectivity index (χ3n) is 2.83. The molecule has 0 aromatic carbocycles. The lowest BCUT2D eigenvalue weighted by molar-refractivity contribution is -0.121. The minimum absolute atomic E-state index is 0.0742. The molecule has 1 aliphatic rings. The van der Waals surface area contributed by atoms with Crippen LogP contribution in [0.25, 0.3) is 0 Å². The molecule has 0 aromatic heterocycles. The fraction of sp³-hybridized carbons (Fsp3) is 0.727. The van der Waals surface area contributed by atoms with Gasteiger partial charge in [0.25, 0.3) is 0 Å². The van der Waals surface area contributed by atoms with E-state index in [-0.39, 0.29) is 18.4 Å². The van der Waals surface area contributed by atoms with Gasteiger partial charge in [0, 0.05) is 12.6 Å². The van der Waals surface area contributed by atoms with Gasteiger partial charge in [-0.05, 0) is 18.8 Å². The summed E-state index contributed by atoms with van der Waals surface area (Å²) >= 11 is 0. The molecule has 78 valence electrons. The molecule has 14 heavy (non-hydrogen) atoms. The van der Waals surface area contributed by atoms with E-state index >= 15 is 0 Å². The van der Waals surface area contributed by atoms with Crippen LogP contribution in [0.2, 0.25) is 0 Å². The maximum atomic E-state index is 11.3. The molecule has 0 heterocycles. The van der Waals surface area contributed by atoms with Gasteiger partial charge in [0.15, 0.2) is 0 Å². The molecule has 1 amide bonds. The lowest BCUT2D eigenvalue weighted by Gasteiger charge is -2.22. The fourth-order valence-electron chi connectivity index (χ4n) is 2.08. The number of nitrogens with two attached hydrogens (primary N) is 1. The third kappa shape index (κ3) is 3.04. The molecule has 1 unspecified atom stereocenters. The summed E-state index contributed by atoms with van der Waals surface area (Å²) in [6, 6.07) is 0.123. The second-order valence-electron chi connectivity index (χ2n) is 3.84. The van der Waals surface area contributed by atoms with Crippen molar-refractivity contribution >= 4 is 5.91 Å². The Morgan fingerprint density at radius 2 is 2.21 bits per heavy atom. The molecule has 0 saturated heterocycles. The molecule has 1 atom stereocenters. The predicted molar refractivity (Wildman–Crippen MR) is 56.4 cm³/mol. The van der Waals surface area contributed by atoms with Crippen molar-refractivity contribution in [2.24, 2.45) is 11.7 Å². The lowest BCUT2D eigenvalue weighted by atomic mass is 9.98. The molecule has 0 aliphatic heterocycles. The molecular formula is C11H18N2O. The van der Waals surface area contributed by atoms with Gasteiger partial charge in [-0.2, -0.15) is 0 Å². The zero-order valence-corrected chi connectivity index (χ0v) is 8.46. The number of rotatable bonds is 4. The quantitative estimate of drug-likeness (QED) is 0.645. The van der Waals surface area contributed by atoms with Crippen LogP contribution >= 0.6 is 0 Å². The number of carbonyl (C=O) groups excluding carboxylic acids is 1. The Hall–Kier alpha value is -1.01. The molecule has 0 radical (unpaired) electrons. The van der Waals surface area contributed by atoms with Crippen molar-refractivity contribution in [2.45, 2.75) is 38.1 Å². The molecule has 1 saturated carbocycles. The Balaban J connectivity index is 2.38. The first-order valence-electron chi connectivity index (χ1n) is 5.20. The van der Waals surface area contributed by atoms with Crippen molar-refractivity contribution in [3.05, 3.63) is 0 Å². The van der Waals surface area contributed by atoms with Crippen LogP contribution in [0, 0.1) is 18.3 Å². The summed E-state index contributed by atoms with van der Waals surface area (Å²) in [6.45, 7) is 0.515.